The number of hydrogen-bond donors (Lipinski definition) is 2. The molecule has 1 atom stereocenters. The van der Waals surface area contributed by atoms with Gasteiger partial charge in [0.15, 0.2) is 5.82 Å². The van der Waals surface area contributed by atoms with Crippen molar-refractivity contribution in [2.45, 2.75) is 32.6 Å². The molecule has 0 fully saturated rings. The number of carbonyl (C=O) groups is 2. The van der Waals surface area contributed by atoms with Gasteiger partial charge in [0.1, 0.15) is 12.4 Å². The lowest BCUT2D eigenvalue weighted by Gasteiger charge is -2.40. The third-order valence-corrected chi connectivity index (χ3v) is 6.22. The van der Waals surface area contributed by atoms with E-state index in [2.05, 4.69) is 31.1 Å². The molecule has 0 saturated heterocycles. The molecule has 33 heavy (non-hydrogen) atoms. The first-order valence-corrected chi connectivity index (χ1v) is 11.1. The molecule has 0 spiro atoms. The van der Waals surface area contributed by atoms with Crippen LogP contribution in [0.4, 0.5) is 11.5 Å². The third-order valence-electron chi connectivity index (χ3n) is 5.93. The molecule has 2 aliphatic rings. The second-order valence-electron chi connectivity index (χ2n) is 9.12. The van der Waals surface area contributed by atoms with Gasteiger partial charge in [-0.1, -0.05) is 50.6 Å². The number of allylic oxidation sites excluding steroid dienone is 2. The van der Waals surface area contributed by atoms with Crippen LogP contribution in [0.5, 0.6) is 0 Å². The first-order chi connectivity index (χ1) is 15.6. The van der Waals surface area contributed by atoms with Crippen molar-refractivity contribution in [3.05, 3.63) is 76.8 Å². The van der Waals surface area contributed by atoms with E-state index >= 15 is 0 Å². The smallest absolute Gasteiger partial charge is 0.327 e. The number of ether oxygens (including phenoxy) is 1. The SMILES string of the molecule is CC(C)(C)c1ccc(NC(=O)C2(C(=O)O)CC=CC3=C2OCCN3c2ncccc2Cl)cc1. The summed E-state index contributed by atoms with van der Waals surface area (Å²) in [6, 6.07) is 10.9. The molecule has 172 valence electrons. The molecule has 1 aromatic carbocycles. The molecule has 8 heteroatoms. The number of amides is 1. The van der Waals surface area contributed by atoms with Gasteiger partial charge in [-0.2, -0.15) is 0 Å². The lowest BCUT2D eigenvalue weighted by molar-refractivity contribution is -0.154. The van der Waals surface area contributed by atoms with Crippen molar-refractivity contribution in [3.8, 4) is 0 Å². The Labute approximate surface area is 197 Å². The van der Waals surface area contributed by atoms with Crippen LogP contribution in [0.2, 0.25) is 5.02 Å². The highest BCUT2D eigenvalue weighted by atomic mass is 35.5. The lowest BCUT2D eigenvalue weighted by atomic mass is 9.77. The third kappa shape index (κ3) is 4.09. The maximum atomic E-state index is 13.5. The largest absolute Gasteiger partial charge is 0.492 e. The molecular weight excluding hydrogens is 442 g/mol. The van der Waals surface area contributed by atoms with Crippen LogP contribution >= 0.6 is 11.6 Å². The lowest BCUT2D eigenvalue weighted by Crippen LogP contribution is -2.50. The van der Waals surface area contributed by atoms with Crippen LogP contribution in [-0.4, -0.2) is 35.1 Å². The Kier molecular flexibility index (Phi) is 5.93. The number of aliphatic carboxylic acids is 1. The molecule has 2 aromatic rings. The number of rotatable bonds is 4. The minimum atomic E-state index is -1.91. The highest BCUT2D eigenvalue weighted by Crippen LogP contribution is 2.44. The number of pyridine rings is 1. The molecule has 0 bridgehead atoms. The quantitative estimate of drug-likeness (QED) is 0.630. The van der Waals surface area contributed by atoms with E-state index in [9.17, 15) is 14.7 Å². The maximum Gasteiger partial charge on any atom is 0.327 e. The summed E-state index contributed by atoms with van der Waals surface area (Å²) in [7, 11) is 0. The zero-order chi connectivity index (χ0) is 23.8. The van der Waals surface area contributed by atoms with E-state index in [0.29, 0.717) is 28.8 Å². The maximum absolute atomic E-state index is 13.5. The first-order valence-electron chi connectivity index (χ1n) is 10.7. The highest BCUT2D eigenvalue weighted by Gasteiger charge is 2.54. The van der Waals surface area contributed by atoms with Gasteiger partial charge in [-0.05, 0) is 47.7 Å². The van der Waals surface area contributed by atoms with E-state index in [1.165, 1.54) is 0 Å². The van der Waals surface area contributed by atoms with Gasteiger partial charge < -0.3 is 20.1 Å². The minimum absolute atomic E-state index is 0.0309. The van der Waals surface area contributed by atoms with Crippen LogP contribution in [0.15, 0.2) is 66.2 Å². The van der Waals surface area contributed by atoms with Gasteiger partial charge in [-0.25, -0.2) is 4.98 Å². The number of carboxylic acid groups (broad SMARTS) is 1. The van der Waals surface area contributed by atoms with E-state index in [1.54, 1.807) is 47.5 Å². The summed E-state index contributed by atoms with van der Waals surface area (Å²) in [6.07, 6.45) is 5.01. The molecule has 2 N–H and O–H groups in total. The molecule has 7 nitrogen and oxygen atoms in total. The summed E-state index contributed by atoms with van der Waals surface area (Å²) in [5.74, 6) is -1.37. The monoisotopic (exact) mass is 467 g/mol. The molecule has 1 aliphatic heterocycles. The molecule has 0 radical (unpaired) electrons. The van der Waals surface area contributed by atoms with Crippen molar-refractivity contribution in [2.24, 2.45) is 5.41 Å². The van der Waals surface area contributed by atoms with Crippen LogP contribution in [0.3, 0.4) is 0 Å². The fourth-order valence-corrected chi connectivity index (χ4v) is 4.29. The van der Waals surface area contributed by atoms with Gasteiger partial charge in [0.2, 0.25) is 11.3 Å². The second kappa shape index (κ2) is 8.56. The number of aromatic nitrogens is 1. The van der Waals surface area contributed by atoms with Crippen molar-refractivity contribution in [2.75, 3.05) is 23.4 Å². The number of carboxylic acids is 1. The van der Waals surface area contributed by atoms with E-state index in [1.807, 2.05) is 12.1 Å². The van der Waals surface area contributed by atoms with Crippen LogP contribution < -0.4 is 10.2 Å². The number of benzene rings is 1. The first kappa shape index (κ1) is 22.9. The average molecular weight is 468 g/mol. The van der Waals surface area contributed by atoms with Crippen LogP contribution in [-0.2, 0) is 19.7 Å². The molecule has 2 heterocycles. The Bertz CT molecular complexity index is 1150. The van der Waals surface area contributed by atoms with E-state index < -0.39 is 17.3 Å². The van der Waals surface area contributed by atoms with Crippen molar-refractivity contribution < 1.29 is 19.4 Å². The Balaban J connectivity index is 1.72. The summed E-state index contributed by atoms with van der Waals surface area (Å²) in [4.78, 5) is 32.2. The summed E-state index contributed by atoms with van der Waals surface area (Å²) < 4.78 is 5.85. The van der Waals surface area contributed by atoms with Crippen LogP contribution in [0.1, 0.15) is 32.8 Å². The summed E-state index contributed by atoms with van der Waals surface area (Å²) >= 11 is 6.35. The molecule has 0 saturated carbocycles. The molecule has 4 rings (SSSR count). The van der Waals surface area contributed by atoms with Gasteiger partial charge in [-0.3, -0.25) is 9.59 Å². The number of nitrogens with zero attached hydrogens (tertiary/aromatic N) is 2. The molecule has 1 amide bonds. The summed E-state index contributed by atoms with van der Waals surface area (Å²) in [5.41, 5.74) is 0.148. The van der Waals surface area contributed by atoms with Gasteiger partial charge >= 0.3 is 5.97 Å². The predicted molar refractivity (Wildman–Crippen MR) is 127 cm³/mol. The van der Waals surface area contributed by atoms with Crippen molar-refractivity contribution >= 4 is 35.0 Å². The average Bonchev–Trinajstić information content (AvgIpc) is 2.78. The van der Waals surface area contributed by atoms with Gasteiger partial charge in [-0.15, -0.1) is 0 Å². The topological polar surface area (TPSA) is 91.8 Å². The summed E-state index contributed by atoms with van der Waals surface area (Å²) in [5, 5.41) is 13.5. The Morgan fingerprint density at radius 2 is 1.94 bits per heavy atom. The number of carbonyl (C=O) groups excluding carboxylic acids is 1. The Morgan fingerprint density at radius 3 is 2.58 bits per heavy atom. The van der Waals surface area contributed by atoms with E-state index in [-0.39, 0.29) is 24.2 Å². The standard InChI is InChI=1S/C25H26ClN3O4/c1-24(2,3)16-8-10-17(11-9-16)28-22(30)25(23(31)32)12-4-7-19-20(25)33-15-14-29(19)21-18(26)6-5-13-27-21/h4-11,13H,12,14-15H2,1-3H3,(H,28,30)(H,31,32). The van der Waals surface area contributed by atoms with E-state index in [0.717, 1.165) is 5.56 Å². The fourth-order valence-electron chi connectivity index (χ4n) is 4.07. The zero-order valence-electron chi connectivity index (χ0n) is 18.8. The van der Waals surface area contributed by atoms with Crippen LogP contribution in [0.25, 0.3) is 0 Å². The Hall–Kier alpha value is -3.32. The second-order valence-corrected chi connectivity index (χ2v) is 9.53. The molecule has 1 aromatic heterocycles. The van der Waals surface area contributed by atoms with Crippen molar-refractivity contribution in [1.29, 1.82) is 0 Å². The van der Waals surface area contributed by atoms with Crippen molar-refractivity contribution in [3.63, 3.8) is 0 Å². The number of anilines is 2. The summed E-state index contributed by atoms with van der Waals surface area (Å²) in [6.45, 7) is 6.92. The molecule has 1 aliphatic carbocycles. The van der Waals surface area contributed by atoms with Gasteiger partial charge in [0.05, 0.1) is 17.3 Å². The van der Waals surface area contributed by atoms with Crippen LogP contribution in [0, 0.1) is 5.41 Å². The number of hydrogen-bond acceptors (Lipinski definition) is 5. The van der Waals surface area contributed by atoms with Gasteiger partial charge in [0.25, 0.3) is 0 Å². The number of halogens is 1. The minimum Gasteiger partial charge on any atom is -0.492 e. The highest BCUT2D eigenvalue weighted by molar-refractivity contribution is 6.33. The van der Waals surface area contributed by atoms with Gasteiger partial charge in [0, 0.05) is 11.9 Å². The zero-order valence-corrected chi connectivity index (χ0v) is 19.5. The van der Waals surface area contributed by atoms with E-state index in [4.69, 9.17) is 16.3 Å². The number of nitrogens with one attached hydrogen (secondary N) is 1. The normalized spacial score (nSPS) is 20.2. The Morgan fingerprint density at radius 1 is 1.21 bits per heavy atom. The molecule has 1 unspecified atom stereocenters. The van der Waals surface area contributed by atoms with Crippen molar-refractivity contribution in [1.82, 2.24) is 4.98 Å². The fraction of sp³-hybridized carbons (Fsp3) is 0.320. The molecular formula is C25H26ClN3O4. The predicted octanol–water partition coefficient (Wildman–Crippen LogP) is 4.75.